The summed E-state index contributed by atoms with van der Waals surface area (Å²) in [5.41, 5.74) is 0. The fraction of sp³-hybridized carbons (Fsp3) is 1.00. The van der Waals surface area contributed by atoms with Gasteiger partial charge in [0.25, 0.3) is 0 Å². The average Bonchev–Trinajstić information content (AvgIpc) is 2.18. The maximum absolute atomic E-state index is 9.71. The molecule has 15 heavy (non-hydrogen) atoms. The van der Waals surface area contributed by atoms with Crippen molar-refractivity contribution in [2.45, 2.75) is 51.5 Å². The highest BCUT2D eigenvalue weighted by Crippen LogP contribution is 2.27. The highest BCUT2D eigenvalue weighted by Gasteiger charge is 2.42. The van der Waals surface area contributed by atoms with Crippen LogP contribution in [-0.2, 0) is 9.47 Å². The van der Waals surface area contributed by atoms with Gasteiger partial charge < -0.3 is 24.8 Å². The Balaban J connectivity index is 2.65. The van der Waals surface area contributed by atoms with Crippen molar-refractivity contribution in [3.63, 3.8) is 0 Å². The third-order valence-electron chi connectivity index (χ3n) is 2.59. The first-order valence-corrected chi connectivity index (χ1v) is 5.25. The Labute approximate surface area is 89.6 Å². The van der Waals surface area contributed by atoms with E-state index in [9.17, 15) is 10.2 Å². The van der Waals surface area contributed by atoms with Crippen LogP contribution >= 0.6 is 0 Å². The number of aliphatic hydroxyl groups is 3. The van der Waals surface area contributed by atoms with Gasteiger partial charge in [0.2, 0.25) is 0 Å². The summed E-state index contributed by atoms with van der Waals surface area (Å²) in [4.78, 5) is 0. The average molecular weight is 220 g/mol. The van der Waals surface area contributed by atoms with Crippen LogP contribution in [0.25, 0.3) is 0 Å². The van der Waals surface area contributed by atoms with E-state index in [1.54, 1.807) is 6.92 Å². The van der Waals surface area contributed by atoms with Crippen LogP contribution in [0.4, 0.5) is 0 Å². The molecule has 1 saturated heterocycles. The van der Waals surface area contributed by atoms with Gasteiger partial charge in [-0.1, -0.05) is 6.92 Å². The Morgan fingerprint density at radius 2 is 1.87 bits per heavy atom. The third-order valence-corrected chi connectivity index (χ3v) is 2.59. The summed E-state index contributed by atoms with van der Waals surface area (Å²) in [7, 11) is 0. The summed E-state index contributed by atoms with van der Waals surface area (Å²) >= 11 is 0. The SMILES string of the molecule is CC(C)O[C@@H]1OC(CO)[C@H](O)[C@H](O)C1C. The fourth-order valence-electron chi connectivity index (χ4n) is 1.64. The van der Waals surface area contributed by atoms with Crippen LogP contribution in [0.5, 0.6) is 0 Å². The summed E-state index contributed by atoms with van der Waals surface area (Å²) in [6, 6.07) is 0. The lowest BCUT2D eigenvalue weighted by molar-refractivity contribution is -0.290. The highest BCUT2D eigenvalue weighted by molar-refractivity contribution is 4.86. The van der Waals surface area contributed by atoms with Crippen LogP contribution in [-0.4, -0.2) is 52.6 Å². The Kier molecular flexibility index (Phi) is 4.48. The molecule has 0 aromatic rings. The molecular weight excluding hydrogens is 200 g/mol. The minimum absolute atomic E-state index is 0.0285. The van der Waals surface area contributed by atoms with E-state index in [1.165, 1.54) is 0 Å². The number of hydrogen-bond donors (Lipinski definition) is 3. The van der Waals surface area contributed by atoms with Gasteiger partial charge in [-0.05, 0) is 13.8 Å². The minimum Gasteiger partial charge on any atom is -0.394 e. The third kappa shape index (κ3) is 2.89. The molecule has 0 radical (unpaired) electrons. The molecule has 0 bridgehead atoms. The first-order chi connectivity index (χ1) is 6.97. The van der Waals surface area contributed by atoms with Crippen molar-refractivity contribution in [3.8, 4) is 0 Å². The molecule has 0 aromatic heterocycles. The quantitative estimate of drug-likeness (QED) is 0.597. The lowest BCUT2D eigenvalue weighted by Gasteiger charge is -2.41. The van der Waals surface area contributed by atoms with Gasteiger partial charge in [-0.25, -0.2) is 0 Å². The molecule has 5 heteroatoms. The summed E-state index contributed by atoms with van der Waals surface area (Å²) in [6.45, 7) is 5.14. The van der Waals surface area contributed by atoms with E-state index in [1.807, 2.05) is 13.8 Å². The van der Waals surface area contributed by atoms with Gasteiger partial charge in [0.1, 0.15) is 12.2 Å². The van der Waals surface area contributed by atoms with E-state index in [0.29, 0.717) is 0 Å². The monoisotopic (exact) mass is 220 g/mol. The van der Waals surface area contributed by atoms with Crippen LogP contribution in [0.2, 0.25) is 0 Å². The Bertz CT molecular complexity index is 194. The van der Waals surface area contributed by atoms with Gasteiger partial charge in [-0.15, -0.1) is 0 Å². The first-order valence-electron chi connectivity index (χ1n) is 5.25. The van der Waals surface area contributed by atoms with E-state index < -0.39 is 24.6 Å². The number of ether oxygens (including phenoxy) is 2. The predicted octanol–water partition coefficient (Wildman–Crippen LogP) is -0.514. The molecule has 1 aliphatic heterocycles. The zero-order chi connectivity index (χ0) is 11.6. The van der Waals surface area contributed by atoms with E-state index in [4.69, 9.17) is 14.6 Å². The molecule has 0 aliphatic carbocycles. The number of hydrogen-bond acceptors (Lipinski definition) is 5. The molecule has 0 saturated carbocycles. The zero-order valence-corrected chi connectivity index (χ0v) is 9.33. The summed E-state index contributed by atoms with van der Waals surface area (Å²) < 4.78 is 10.8. The summed E-state index contributed by atoms with van der Waals surface area (Å²) in [6.07, 6.45) is -3.38. The van der Waals surface area contributed by atoms with Crippen molar-refractivity contribution >= 4 is 0 Å². The molecule has 3 N–H and O–H groups in total. The second-order valence-corrected chi connectivity index (χ2v) is 4.25. The van der Waals surface area contributed by atoms with E-state index >= 15 is 0 Å². The van der Waals surface area contributed by atoms with Gasteiger partial charge in [0, 0.05) is 5.92 Å². The molecule has 0 spiro atoms. The lowest BCUT2D eigenvalue weighted by Crippen LogP contribution is -2.55. The van der Waals surface area contributed by atoms with Gasteiger partial charge in [0.05, 0.1) is 18.8 Å². The maximum atomic E-state index is 9.71. The first kappa shape index (κ1) is 12.9. The predicted molar refractivity (Wildman–Crippen MR) is 53.1 cm³/mol. The molecular formula is C10H20O5. The van der Waals surface area contributed by atoms with Gasteiger partial charge in [0.15, 0.2) is 6.29 Å². The van der Waals surface area contributed by atoms with Crippen molar-refractivity contribution in [2.75, 3.05) is 6.61 Å². The molecule has 1 aliphatic rings. The van der Waals surface area contributed by atoms with Crippen LogP contribution in [0, 0.1) is 5.92 Å². The fourth-order valence-corrected chi connectivity index (χ4v) is 1.64. The van der Waals surface area contributed by atoms with Crippen LogP contribution in [0.3, 0.4) is 0 Å². The van der Waals surface area contributed by atoms with Crippen LogP contribution < -0.4 is 0 Å². The van der Waals surface area contributed by atoms with E-state index in [-0.39, 0.29) is 18.6 Å². The molecule has 90 valence electrons. The van der Waals surface area contributed by atoms with Crippen LogP contribution in [0.15, 0.2) is 0 Å². The topological polar surface area (TPSA) is 79.2 Å². The Morgan fingerprint density at radius 1 is 1.27 bits per heavy atom. The van der Waals surface area contributed by atoms with Crippen molar-refractivity contribution in [2.24, 2.45) is 5.92 Å². The van der Waals surface area contributed by atoms with Crippen LogP contribution in [0.1, 0.15) is 20.8 Å². The van der Waals surface area contributed by atoms with Crippen molar-refractivity contribution < 1.29 is 24.8 Å². The smallest absolute Gasteiger partial charge is 0.163 e. The second-order valence-electron chi connectivity index (χ2n) is 4.25. The van der Waals surface area contributed by atoms with Crippen molar-refractivity contribution in [1.29, 1.82) is 0 Å². The Hall–Kier alpha value is -0.200. The molecule has 0 amide bonds. The van der Waals surface area contributed by atoms with Gasteiger partial charge in [-0.3, -0.25) is 0 Å². The molecule has 1 rings (SSSR count). The minimum atomic E-state index is -1.06. The number of rotatable bonds is 3. The molecule has 2 unspecified atom stereocenters. The van der Waals surface area contributed by atoms with E-state index in [0.717, 1.165) is 0 Å². The molecule has 1 heterocycles. The molecule has 5 nitrogen and oxygen atoms in total. The van der Waals surface area contributed by atoms with Gasteiger partial charge >= 0.3 is 0 Å². The molecule has 0 aromatic carbocycles. The highest BCUT2D eigenvalue weighted by atomic mass is 16.7. The summed E-state index contributed by atoms with van der Waals surface area (Å²) in [5, 5.41) is 28.2. The van der Waals surface area contributed by atoms with E-state index in [2.05, 4.69) is 0 Å². The molecule has 5 atom stereocenters. The lowest BCUT2D eigenvalue weighted by atomic mass is 9.92. The zero-order valence-electron chi connectivity index (χ0n) is 9.33. The maximum Gasteiger partial charge on any atom is 0.163 e. The van der Waals surface area contributed by atoms with Gasteiger partial charge in [-0.2, -0.15) is 0 Å². The number of aliphatic hydroxyl groups excluding tert-OH is 3. The summed E-state index contributed by atoms with van der Waals surface area (Å²) in [5.74, 6) is -0.315. The Morgan fingerprint density at radius 3 is 2.33 bits per heavy atom. The molecule has 1 fully saturated rings. The van der Waals surface area contributed by atoms with Crippen molar-refractivity contribution in [1.82, 2.24) is 0 Å². The van der Waals surface area contributed by atoms with Crippen molar-refractivity contribution in [3.05, 3.63) is 0 Å². The second kappa shape index (κ2) is 5.23. The largest absolute Gasteiger partial charge is 0.394 e. The standard InChI is InChI=1S/C10H20O5/c1-5(2)14-10-6(3)8(12)9(13)7(4-11)15-10/h5-13H,4H2,1-3H3/t6?,7?,8-,9+,10-/m1/s1. The normalized spacial score (nSPS) is 42.2.